The van der Waals surface area contributed by atoms with Crippen LogP contribution in [-0.4, -0.2) is 16.8 Å². The van der Waals surface area contributed by atoms with Crippen molar-refractivity contribution in [2.75, 3.05) is 6.54 Å². The lowest BCUT2D eigenvalue weighted by Crippen LogP contribution is -2.36. The molecule has 0 bridgehead atoms. The van der Waals surface area contributed by atoms with Crippen molar-refractivity contribution >= 4 is 29.1 Å². The van der Waals surface area contributed by atoms with E-state index in [1.54, 1.807) is 0 Å². The molecule has 1 aliphatic carbocycles. The van der Waals surface area contributed by atoms with Gasteiger partial charge >= 0.3 is 0 Å². The van der Waals surface area contributed by atoms with E-state index in [2.05, 4.69) is 17.4 Å². The maximum atomic E-state index is 12.3. The smallest absolute Gasteiger partial charge is 0.229 e. The van der Waals surface area contributed by atoms with Crippen LogP contribution in [0.25, 0.3) is 0 Å². The van der Waals surface area contributed by atoms with Crippen molar-refractivity contribution < 1.29 is 4.79 Å². The van der Waals surface area contributed by atoms with Crippen molar-refractivity contribution in [3.8, 4) is 0 Å². The zero-order chi connectivity index (χ0) is 14.8. The summed E-state index contributed by atoms with van der Waals surface area (Å²) in [7, 11) is 0. The van der Waals surface area contributed by atoms with Crippen LogP contribution in [0.5, 0.6) is 0 Å². The topological polar surface area (TPSA) is 29.1 Å². The number of nitrogens with one attached hydrogen (secondary N) is 1. The summed E-state index contributed by atoms with van der Waals surface area (Å²) in [5.41, 5.74) is 0.679. The summed E-state index contributed by atoms with van der Waals surface area (Å²) in [6.45, 7) is 4.56. The fraction of sp³-hybridized carbons (Fsp3) is 0.562. The minimum absolute atomic E-state index is 0.00874. The summed E-state index contributed by atoms with van der Waals surface area (Å²) in [5.74, 6) is 0.00279. The van der Waals surface area contributed by atoms with Gasteiger partial charge in [0, 0.05) is 12.5 Å². The van der Waals surface area contributed by atoms with E-state index in [4.69, 9.17) is 23.2 Å². The summed E-state index contributed by atoms with van der Waals surface area (Å²) in [4.78, 5) is 12.3. The molecule has 0 saturated heterocycles. The summed E-state index contributed by atoms with van der Waals surface area (Å²) >= 11 is 12.4. The maximum absolute atomic E-state index is 12.3. The van der Waals surface area contributed by atoms with Crippen molar-refractivity contribution in [3.05, 3.63) is 35.9 Å². The number of hydrogen-bond acceptors (Lipinski definition) is 1. The molecule has 2 rings (SSSR count). The summed E-state index contributed by atoms with van der Waals surface area (Å²) in [5, 5.41) is 2.98. The Hall–Kier alpha value is -0.730. The number of benzene rings is 1. The van der Waals surface area contributed by atoms with Crippen LogP contribution in [0.2, 0.25) is 0 Å². The number of rotatable bonds is 6. The molecular weight excluding hydrogens is 293 g/mol. The standard InChI is InChI=1S/C16H21Cl2NO/c1-3-15(12(2)16(15,17)18)14(20)19-11-7-10-13-8-5-4-6-9-13/h4-6,8-9,12H,3,7,10-11H2,1-2H3,(H,19,20)/t12-,15-/m1/s1. The molecule has 110 valence electrons. The Labute approximate surface area is 130 Å². The normalized spacial score (nSPS) is 27.1. The van der Waals surface area contributed by atoms with Crippen LogP contribution in [0.1, 0.15) is 32.3 Å². The van der Waals surface area contributed by atoms with E-state index in [1.807, 2.05) is 32.0 Å². The molecule has 4 heteroatoms. The van der Waals surface area contributed by atoms with Crippen LogP contribution in [0.3, 0.4) is 0 Å². The lowest BCUT2D eigenvalue weighted by Gasteiger charge is -2.16. The third kappa shape index (κ3) is 2.56. The van der Waals surface area contributed by atoms with E-state index in [0.717, 1.165) is 12.8 Å². The quantitative estimate of drug-likeness (QED) is 0.625. The first-order valence-electron chi connectivity index (χ1n) is 7.17. The Balaban J connectivity index is 1.79. The molecule has 1 fully saturated rings. The number of aryl methyl sites for hydroxylation is 1. The molecule has 0 heterocycles. The van der Waals surface area contributed by atoms with Crippen molar-refractivity contribution in [2.45, 2.75) is 37.4 Å². The van der Waals surface area contributed by atoms with E-state index < -0.39 is 9.75 Å². The monoisotopic (exact) mass is 313 g/mol. The summed E-state index contributed by atoms with van der Waals surface area (Å²) in [6, 6.07) is 10.3. The molecule has 0 aliphatic heterocycles. The molecule has 0 unspecified atom stereocenters. The van der Waals surface area contributed by atoms with Gasteiger partial charge in [-0.3, -0.25) is 4.79 Å². The van der Waals surface area contributed by atoms with Gasteiger partial charge < -0.3 is 5.32 Å². The van der Waals surface area contributed by atoms with Crippen molar-refractivity contribution in [1.82, 2.24) is 5.32 Å². The second-order valence-electron chi connectivity index (χ2n) is 5.51. The van der Waals surface area contributed by atoms with Crippen LogP contribution < -0.4 is 5.32 Å². The van der Waals surface area contributed by atoms with E-state index in [1.165, 1.54) is 5.56 Å². The first kappa shape index (κ1) is 15.7. The Morgan fingerprint density at radius 1 is 1.30 bits per heavy atom. The van der Waals surface area contributed by atoms with E-state index in [-0.39, 0.29) is 11.8 Å². The minimum Gasteiger partial charge on any atom is -0.356 e. The van der Waals surface area contributed by atoms with E-state index in [9.17, 15) is 4.79 Å². The Bertz CT molecular complexity index is 475. The Morgan fingerprint density at radius 2 is 1.90 bits per heavy atom. The first-order chi connectivity index (χ1) is 9.46. The average Bonchev–Trinajstić information content (AvgIpc) is 2.90. The van der Waals surface area contributed by atoms with Crippen molar-refractivity contribution in [3.63, 3.8) is 0 Å². The number of halogens is 2. The number of hydrogen-bond donors (Lipinski definition) is 1. The number of carbonyl (C=O) groups excluding carboxylic acids is 1. The Kier molecular flexibility index (Phi) is 4.66. The van der Waals surface area contributed by atoms with E-state index in [0.29, 0.717) is 13.0 Å². The maximum Gasteiger partial charge on any atom is 0.229 e. The highest BCUT2D eigenvalue weighted by Gasteiger charge is 2.76. The van der Waals surface area contributed by atoms with Gasteiger partial charge in [-0.05, 0) is 24.8 Å². The third-order valence-electron chi connectivity index (χ3n) is 4.53. The molecule has 1 saturated carbocycles. The molecule has 2 nitrogen and oxygen atoms in total. The van der Waals surface area contributed by atoms with Gasteiger partial charge in [-0.2, -0.15) is 0 Å². The lowest BCUT2D eigenvalue weighted by molar-refractivity contribution is -0.127. The van der Waals surface area contributed by atoms with Crippen molar-refractivity contribution in [2.24, 2.45) is 11.3 Å². The van der Waals surface area contributed by atoms with Gasteiger partial charge in [0.1, 0.15) is 4.33 Å². The number of carbonyl (C=O) groups is 1. The SMILES string of the molecule is CC[C@]1(C(=O)NCCCc2ccccc2)[C@@H](C)C1(Cl)Cl. The van der Waals surface area contributed by atoms with Crippen LogP contribution in [0, 0.1) is 11.3 Å². The van der Waals surface area contributed by atoms with Gasteiger partial charge in [-0.25, -0.2) is 0 Å². The average molecular weight is 314 g/mol. The van der Waals surface area contributed by atoms with Crippen LogP contribution >= 0.6 is 23.2 Å². The van der Waals surface area contributed by atoms with Gasteiger partial charge in [0.25, 0.3) is 0 Å². The van der Waals surface area contributed by atoms with Gasteiger partial charge in [0.05, 0.1) is 5.41 Å². The van der Waals surface area contributed by atoms with E-state index >= 15 is 0 Å². The second-order valence-corrected chi connectivity index (χ2v) is 6.90. The molecule has 1 aliphatic rings. The van der Waals surface area contributed by atoms with Gasteiger partial charge in [0.2, 0.25) is 5.91 Å². The molecule has 0 radical (unpaired) electrons. The highest BCUT2D eigenvalue weighted by molar-refractivity contribution is 6.53. The highest BCUT2D eigenvalue weighted by Crippen LogP contribution is 2.70. The molecule has 2 atom stereocenters. The molecule has 20 heavy (non-hydrogen) atoms. The molecule has 1 aromatic carbocycles. The van der Waals surface area contributed by atoms with Gasteiger partial charge in [-0.1, -0.05) is 44.2 Å². The second kappa shape index (κ2) is 5.95. The minimum atomic E-state index is -0.911. The highest BCUT2D eigenvalue weighted by atomic mass is 35.5. The van der Waals surface area contributed by atoms with Gasteiger partial charge in [0.15, 0.2) is 0 Å². The van der Waals surface area contributed by atoms with Crippen LogP contribution in [0.4, 0.5) is 0 Å². The molecule has 1 N–H and O–H groups in total. The zero-order valence-corrected chi connectivity index (χ0v) is 13.5. The predicted octanol–water partition coefficient (Wildman–Crippen LogP) is 3.96. The fourth-order valence-electron chi connectivity index (χ4n) is 2.99. The molecule has 0 spiro atoms. The molecule has 1 aromatic rings. The lowest BCUT2D eigenvalue weighted by atomic mass is 9.99. The fourth-order valence-corrected chi connectivity index (χ4v) is 4.02. The van der Waals surface area contributed by atoms with Crippen LogP contribution in [0.15, 0.2) is 30.3 Å². The third-order valence-corrected chi connectivity index (χ3v) is 5.86. The van der Waals surface area contributed by atoms with Crippen molar-refractivity contribution in [1.29, 1.82) is 0 Å². The zero-order valence-electron chi connectivity index (χ0n) is 12.0. The number of amides is 1. The molecule has 1 amide bonds. The van der Waals surface area contributed by atoms with Gasteiger partial charge in [-0.15, -0.1) is 23.2 Å². The predicted molar refractivity (Wildman–Crippen MR) is 84.1 cm³/mol. The summed E-state index contributed by atoms with van der Waals surface area (Å²) in [6.07, 6.45) is 2.55. The first-order valence-corrected chi connectivity index (χ1v) is 7.92. The molecular formula is C16H21Cl2NO. The number of alkyl halides is 2. The van der Waals surface area contributed by atoms with Crippen LogP contribution in [-0.2, 0) is 11.2 Å². The summed E-state index contributed by atoms with van der Waals surface area (Å²) < 4.78 is -0.911. The largest absolute Gasteiger partial charge is 0.356 e. The Morgan fingerprint density at radius 3 is 2.40 bits per heavy atom. The molecule has 0 aromatic heterocycles.